The van der Waals surface area contributed by atoms with Crippen LogP contribution in [0.3, 0.4) is 0 Å². The Morgan fingerprint density at radius 3 is 1.75 bits per heavy atom. The molecule has 1 unspecified atom stereocenters. The number of hydrogen-bond acceptors (Lipinski definition) is 0. The molecule has 0 aromatic rings. The third-order valence-corrected chi connectivity index (χ3v) is 3.50. The Morgan fingerprint density at radius 2 is 1.62 bits per heavy atom. The summed E-state index contributed by atoms with van der Waals surface area (Å²) in [6.07, 6.45) is 4.57. The van der Waals surface area contributed by atoms with Crippen LogP contribution in [0.4, 0.5) is 0 Å². The van der Waals surface area contributed by atoms with Gasteiger partial charge in [-0.25, -0.2) is 0 Å². The molecular formula is C8H14. The van der Waals surface area contributed by atoms with E-state index in [-0.39, 0.29) is 0 Å². The SMILES string of the molecule is CC1C[C@H](C)C12CC2. The Bertz CT molecular complexity index is 101. The average molecular weight is 110 g/mol. The molecule has 0 aromatic carbocycles. The summed E-state index contributed by atoms with van der Waals surface area (Å²) in [7, 11) is 0. The van der Waals surface area contributed by atoms with Crippen molar-refractivity contribution in [1.82, 2.24) is 0 Å². The third kappa shape index (κ3) is 0.340. The summed E-state index contributed by atoms with van der Waals surface area (Å²) in [5, 5.41) is 0. The summed E-state index contributed by atoms with van der Waals surface area (Å²) >= 11 is 0. The molecule has 0 heteroatoms. The Labute approximate surface area is 51.3 Å². The molecule has 0 aliphatic heterocycles. The van der Waals surface area contributed by atoms with E-state index in [9.17, 15) is 0 Å². The van der Waals surface area contributed by atoms with Gasteiger partial charge in [0.15, 0.2) is 0 Å². The summed E-state index contributed by atoms with van der Waals surface area (Å²) in [5.41, 5.74) is 0.889. The van der Waals surface area contributed by atoms with Crippen LogP contribution >= 0.6 is 0 Å². The van der Waals surface area contributed by atoms with Crippen molar-refractivity contribution >= 4 is 0 Å². The molecule has 0 N–H and O–H groups in total. The molecule has 0 heterocycles. The van der Waals surface area contributed by atoms with Gasteiger partial charge in [0.05, 0.1) is 0 Å². The van der Waals surface area contributed by atoms with Crippen molar-refractivity contribution in [1.29, 1.82) is 0 Å². The van der Waals surface area contributed by atoms with E-state index < -0.39 is 0 Å². The van der Waals surface area contributed by atoms with Crippen molar-refractivity contribution in [3.8, 4) is 0 Å². The molecule has 2 fully saturated rings. The maximum absolute atomic E-state index is 2.41. The van der Waals surface area contributed by atoms with E-state index in [1.807, 2.05) is 0 Å². The normalized spacial score (nSPS) is 48.8. The molecule has 0 amide bonds. The average Bonchev–Trinajstić information content (AvgIpc) is 2.44. The van der Waals surface area contributed by atoms with Crippen LogP contribution in [-0.2, 0) is 0 Å². The lowest BCUT2D eigenvalue weighted by Crippen LogP contribution is -2.34. The number of rotatable bonds is 0. The second kappa shape index (κ2) is 1.12. The van der Waals surface area contributed by atoms with Crippen molar-refractivity contribution in [3.05, 3.63) is 0 Å². The molecule has 2 atom stereocenters. The van der Waals surface area contributed by atoms with E-state index in [1.54, 1.807) is 0 Å². The molecule has 0 radical (unpaired) electrons. The molecule has 2 aliphatic carbocycles. The van der Waals surface area contributed by atoms with E-state index in [0.29, 0.717) is 0 Å². The fourth-order valence-corrected chi connectivity index (χ4v) is 2.45. The molecule has 0 aromatic heterocycles. The largest absolute Gasteiger partial charge is 0.0620 e. The second-order valence-corrected chi connectivity index (χ2v) is 3.77. The van der Waals surface area contributed by atoms with Crippen molar-refractivity contribution in [3.63, 3.8) is 0 Å². The molecular weight excluding hydrogens is 96.1 g/mol. The van der Waals surface area contributed by atoms with Gasteiger partial charge >= 0.3 is 0 Å². The van der Waals surface area contributed by atoms with Crippen LogP contribution < -0.4 is 0 Å². The zero-order valence-electron chi connectivity index (χ0n) is 5.78. The van der Waals surface area contributed by atoms with Gasteiger partial charge in [0.2, 0.25) is 0 Å². The quantitative estimate of drug-likeness (QED) is 0.449. The van der Waals surface area contributed by atoms with Gasteiger partial charge in [0.25, 0.3) is 0 Å². The first-order valence-electron chi connectivity index (χ1n) is 3.76. The minimum atomic E-state index is 0.889. The molecule has 8 heavy (non-hydrogen) atoms. The standard InChI is InChI=1S/C8H14/c1-6-5-7(2)8(6)3-4-8/h6-7H,3-5H2,1-2H3/t6-,7?/m0/s1. The highest BCUT2D eigenvalue weighted by Gasteiger charge is 2.58. The Balaban J connectivity index is 2.11. The first kappa shape index (κ1) is 4.84. The summed E-state index contributed by atoms with van der Waals surface area (Å²) in [4.78, 5) is 0. The van der Waals surface area contributed by atoms with Gasteiger partial charge < -0.3 is 0 Å². The summed E-state index contributed by atoms with van der Waals surface area (Å²) in [6.45, 7) is 4.82. The van der Waals surface area contributed by atoms with Gasteiger partial charge in [-0.1, -0.05) is 13.8 Å². The summed E-state index contributed by atoms with van der Waals surface area (Å²) in [6, 6.07) is 0. The first-order chi connectivity index (χ1) is 3.76. The predicted molar refractivity (Wildman–Crippen MR) is 34.6 cm³/mol. The fourth-order valence-electron chi connectivity index (χ4n) is 2.45. The Morgan fingerprint density at radius 1 is 1.12 bits per heavy atom. The highest BCUT2D eigenvalue weighted by atomic mass is 14.6. The molecule has 0 bridgehead atoms. The van der Waals surface area contributed by atoms with Crippen molar-refractivity contribution in [2.45, 2.75) is 33.1 Å². The van der Waals surface area contributed by atoms with Gasteiger partial charge in [-0.3, -0.25) is 0 Å². The zero-order valence-corrected chi connectivity index (χ0v) is 5.78. The van der Waals surface area contributed by atoms with Crippen molar-refractivity contribution in [2.24, 2.45) is 17.3 Å². The molecule has 2 saturated carbocycles. The lowest BCUT2D eigenvalue weighted by Gasteiger charge is -2.42. The summed E-state index contributed by atoms with van der Waals surface area (Å²) < 4.78 is 0. The second-order valence-electron chi connectivity index (χ2n) is 3.77. The Kier molecular flexibility index (Phi) is 0.678. The topological polar surface area (TPSA) is 0 Å². The maximum atomic E-state index is 2.41. The fraction of sp³-hybridized carbons (Fsp3) is 1.00. The maximum Gasteiger partial charge on any atom is -0.0246 e. The van der Waals surface area contributed by atoms with Gasteiger partial charge in [-0.15, -0.1) is 0 Å². The van der Waals surface area contributed by atoms with Crippen LogP contribution in [0.2, 0.25) is 0 Å². The van der Waals surface area contributed by atoms with Crippen LogP contribution in [-0.4, -0.2) is 0 Å². The van der Waals surface area contributed by atoms with E-state index >= 15 is 0 Å². The van der Waals surface area contributed by atoms with Crippen LogP contribution in [0.5, 0.6) is 0 Å². The van der Waals surface area contributed by atoms with Crippen LogP contribution in [0, 0.1) is 17.3 Å². The molecule has 0 nitrogen and oxygen atoms in total. The van der Waals surface area contributed by atoms with Gasteiger partial charge in [0, 0.05) is 0 Å². The minimum Gasteiger partial charge on any atom is -0.0620 e. The van der Waals surface area contributed by atoms with Crippen LogP contribution in [0.1, 0.15) is 33.1 Å². The molecule has 1 spiro atoms. The molecule has 46 valence electrons. The van der Waals surface area contributed by atoms with E-state index in [0.717, 1.165) is 17.3 Å². The third-order valence-electron chi connectivity index (χ3n) is 3.50. The Hall–Kier alpha value is 0. The van der Waals surface area contributed by atoms with E-state index in [1.165, 1.54) is 19.3 Å². The van der Waals surface area contributed by atoms with Crippen molar-refractivity contribution in [2.75, 3.05) is 0 Å². The van der Waals surface area contributed by atoms with Gasteiger partial charge in [0.1, 0.15) is 0 Å². The monoisotopic (exact) mass is 110 g/mol. The predicted octanol–water partition coefficient (Wildman–Crippen LogP) is 2.44. The zero-order chi connectivity index (χ0) is 5.78. The van der Waals surface area contributed by atoms with E-state index in [4.69, 9.17) is 0 Å². The molecule has 2 aliphatic rings. The number of hydrogen-bond donors (Lipinski definition) is 0. The highest BCUT2D eigenvalue weighted by molar-refractivity contribution is 5.07. The minimum absolute atomic E-state index is 0.889. The highest BCUT2D eigenvalue weighted by Crippen LogP contribution is 2.67. The van der Waals surface area contributed by atoms with Crippen LogP contribution in [0.25, 0.3) is 0 Å². The van der Waals surface area contributed by atoms with Crippen molar-refractivity contribution < 1.29 is 0 Å². The first-order valence-corrected chi connectivity index (χ1v) is 3.76. The van der Waals surface area contributed by atoms with E-state index in [2.05, 4.69) is 13.8 Å². The van der Waals surface area contributed by atoms with Crippen LogP contribution in [0.15, 0.2) is 0 Å². The van der Waals surface area contributed by atoms with Gasteiger partial charge in [-0.05, 0) is 36.5 Å². The lowest BCUT2D eigenvalue weighted by molar-refractivity contribution is 0.0743. The smallest absolute Gasteiger partial charge is 0.0246 e. The molecule has 2 rings (SSSR count). The summed E-state index contributed by atoms with van der Waals surface area (Å²) in [5.74, 6) is 2.13. The molecule has 0 saturated heterocycles. The van der Waals surface area contributed by atoms with Gasteiger partial charge in [-0.2, -0.15) is 0 Å². The lowest BCUT2D eigenvalue weighted by atomic mass is 9.63.